The van der Waals surface area contributed by atoms with Crippen LogP contribution < -0.4 is 5.73 Å². The first kappa shape index (κ1) is 8.74. The maximum Gasteiger partial charge on any atom is 0.0722 e. The first-order chi connectivity index (χ1) is 6.75. The number of anilines is 1. The molecule has 0 atom stereocenters. The highest BCUT2D eigenvalue weighted by molar-refractivity contribution is 5.39. The number of hydrogen-bond acceptors (Lipinski definition) is 3. The fraction of sp³-hybridized carbons (Fsp3) is 0.200. The van der Waals surface area contributed by atoms with Crippen molar-refractivity contribution in [3.05, 3.63) is 41.7 Å². The van der Waals surface area contributed by atoms with Crippen LogP contribution in [0.5, 0.6) is 0 Å². The number of aryl methyl sites for hydroxylation is 1. The lowest BCUT2D eigenvalue weighted by Gasteiger charge is -2.03. The van der Waals surface area contributed by atoms with Gasteiger partial charge in [0.1, 0.15) is 0 Å². The molecule has 0 aliphatic carbocycles. The summed E-state index contributed by atoms with van der Waals surface area (Å²) in [6.45, 7) is 2.73. The quantitative estimate of drug-likeness (QED) is 0.721. The highest BCUT2D eigenvalue weighted by Gasteiger charge is 1.99. The summed E-state index contributed by atoms with van der Waals surface area (Å²) in [5, 5.41) is 7.79. The lowest BCUT2D eigenvalue weighted by molar-refractivity contribution is 0.633. The molecular weight excluding hydrogens is 176 g/mol. The number of nitrogens with two attached hydrogens (primary N) is 1. The van der Waals surface area contributed by atoms with Crippen LogP contribution in [0.25, 0.3) is 0 Å². The summed E-state index contributed by atoms with van der Waals surface area (Å²) >= 11 is 0. The van der Waals surface area contributed by atoms with Crippen LogP contribution in [0, 0.1) is 6.92 Å². The summed E-state index contributed by atoms with van der Waals surface area (Å²) in [6.07, 6.45) is 1.75. The zero-order chi connectivity index (χ0) is 9.97. The summed E-state index contributed by atoms with van der Waals surface area (Å²) in [6, 6.07) is 7.77. The second kappa shape index (κ2) is 3.49. The van der Waals surface area contributed by atoms with Gasteiger partial charge in [0.2, 0.25) is 0 Å². The van der Waals surface area contributed by atoms with E-state index in [0.717, 1.165) is 17.9 Å². The van der Waals surface area contributed by atoms with Gasteiger partial charge in [0, 0.05) is 5.69 Å². The molecule has 4 nitrogen and oxygen atoms in total. The van der Waals surface area contributed by atoms with Gasteiger partial charge in [-0.2, -0.15) is 0 Å². The molecule has 4 heteroatoms. The van der Waals surface area contributed by atoms with Crippen molar-refractivity contribution in [2.75, 3.05) is 5.73 Å². The molecule has 1 heterocycles. The zero-order valence-corrected chi connectivity index (χ0v) is 8.01. The summed E-state index contributed by atoms with van der Waals surface area (Å²) < 4.78 is 1.85. The predicted octanol–water partition coefficient (Wildman–Crippen LogP) is 1.22. The molecule has 1 aromatic carbocycles. The second-order valence-electron chi connectivity index (χ2n) is 3.27. The molecular formula is C10H12N4. The Morgan fingerprint density at radius 3 is 2.57 bits per heavy atom. The molecule has 2 rings (SSSR count). The van der Waals surface area contributed by atoms with E-state index in [4.69, 9.17) is 5.73 Å². The van der Waals surface area contributed by atoms with Crippen LogP contribution in [0.2, 0.25) is 0 Å². The molecule has 72 valence electrons. The highest BCUT2D eigenvalue weighted by Crippen LogP contribution is 2.07. The molecule has 0 saturated heterocycles. The van der Waals surface area contributed by atoms with E-state index in [9.17, 15) is 0 Å². The summed E-state index contributed by atoms with van der Waals surface area (Å²) in [5.74, 6) is 0. The van der Waals surface area contributed by atoms with Gasteiger partial charge in [-0.05, 0) is 24.6 Å². The van der Waals surface area contributed by atoms with Gasteiger partial charge in [0.05, 0.1) is 18.4 Å². The lowest BCUT2D eigenvalue weighted by Crippen LogP contribution is -2.03. The molecule has 0 bridgehead atoms. The Morgan fingerprint density at radius 1 is 1.29 bits per heavy atom. The first-order valence-electron chi connectivity index (χ1n) is 4.45. The molecule has 0 spiro atoms. The van der Waals surface area contributed by atoms with Crippen LogP contribution in [0.4, 0.5) is 5.69 Å². The number of hydrogen-bond donors (Lipinski definition) is 1. The van der Waals surface area contributed by atoms with Crippen LogP contribution in [0.3, 0.4) is 0 Å². The molecule has 0 amide bonds. The fourth-order valence-corrected chi connectivity index (χ4v) is 1.26. The SMILES string of the molecule is Cc1cnnn1Cc1ccc(N)cc1. The van der Waals surface area contributed by atoms with Crippen molar-refractivity contribution in [1.29, 1.82) is 0 Å². The molecule has 0 aliphatic rings. The van der Waals surface area contributed by atoms with Gasteiger partial charge in [-0.3, -0.25) is 0 Å². The summed E-state index contributed by atoms with van der Waals surface area (Å²) in [4.78, 5) is 0. The Labute approximate surface area is 82.4 Å². The number of benzene rings is 1. The van der Waals surface area contributed by atoms with Crippen LogP contribution in [0.15, 0.2) is 30.5 Å². The van der Waals surface area contributed by atoms with Crippen molar-refractivity contribution in [1.82, 2.24) is 15.0 Å². The van der Waals surface area contributed by atoms with Crippen LogP contribution in [-0.2, 0) is 6.54 Å². The Kier molecular flexibility index (Phi) is 2.18. The number of nitrogen functional groups attached to an aromatic ring is 1. The number of nitrogens with zero attached hydrogens (tertiary/aromatic N) is 3. The fourth-order valence-electron chi connectivity index (χ4n) is 1.26. The van der Waals surface area contributed by atoms with E-state index in [1.807, 2.05) is 35.9 Å². The minimum Gasteiger partial charge on any atom is -0.399 e. The van der Waals surface area contributed by atoms with Gasteiger partial charge >= 0.3 is 0 Å². The standard InChI is InChI=1S/C10H12N4/c1-8-6-12-13-14(8)7-9-2-4-10(11)5-3-9/h2-6H,7,11H2,1H3. The van der Waals surface area contributed by atoms with Gasteiger partial charge < -0.3 is 5.73 Å². The number of aromatic nitrogens is 3. The zero-order valence-electron chi connectivity index (χ0n) is 8.01. The highest BCUT2D eigenvalue weighted by atomic mass is 15.4. The monoisotopic (exact) mass is 188 g/mol. The molecule has 0 aliphatic heterocycles. The topological polar surface area (TPSA) is 56.7 Å². The average Bonchev–Trinajstić information content (AvgIpc) is 2.56. The van der Waals surface area contributed by atoms with E-state index < -0.39 is 0 Å². The third-order valence-electron chi connectivity index (χ3n) is 2.12. The largest absolute Gasteiger partial charge is 0.399 e. The van der Waals surface area contributed by atoms with Gasteiger partial charge in [-0.25, -0.2) is 4.68 Å². The van der Waals surface area contributed by atoms with E-state index in [2.05, 4.69) is 10.3 Å². The maximum absolute atomic E-state index is 5.60. The second-order valence-corrected chi connectivity index (χ2v) is 3.27. The molecule has 14 heavy (non-hydrogen) atoms. The predicted molar refractivity (Wildman–Crippen MR) is 54.7 cm³/mol. The molecule has 0 unspecified atom stereocenters. The van der Waals surface area contributed by atoms with Gasteiger partial charge in [0.25, 0.3) is 0 Å². The minimum atomic E-state index is 0.742. The minimum absolute atomic E-state index is 0.742. The molecule has 0 fully saturated rings. The number of rotatable bonds is 2. The summed E-state index contributed by atoms with van der Waals surface area (Å²) in [7, 11) is 0. The molecule has 2 N–H and O–H groups in total. The summed E-state index contributed by atoms with van der Waals surface area (Å²) in [5.41, 5.74) is 8.61. The third-order valence-corrected chi connectivity index (χ3v) is 2.12. The molecule has 0 radical (unpaired) electrons. The Hall–Kier alpha value is -1.84. The van der Waals surface area contributed by atoms with Crippen LogP contribution in [-0.4, -0.2) is 15.0 Å². The molecule has 2 aromatic rings. The van der Waals surface area contributed by atoms with Crippen molar-refractivity contribution in [2.24, 2.45) is 0 Å². The van der Waals surface area contributed by atoms with Crippen LogP contribution >= 0.6 is 0 Å². The lowest BCUT2D eigenvalue weighted by atomic mass is 10.2. The van der Waals surface area contributed by atoms with Crippen molar-refractivity contribution < 1.29 is 0 Å². The maximum atomic E-state index is 5.60. The van der Waals surface area contributed by atoms with Crippen LogP contribution in [0.1, 0.15) is 11.3 Å². The van der Waals surface area contributed by atoms with E-state index in [-0.39, 0.29) is 0 Å². The Balaban J connectivity index is 2.19. The smallest absolute Gasteiger partial charge is 0.0722 e. The molecule has 1 aromatic heterocycles. The van der Waals surface area contributed by atoms with Crippen molar-refractivity contribution >= 4 is 5.69 Å². The average molecular weight is 188 g/mol. The van der Waals surface area contributed by atoms with E-state index >= 15 is 0 Å². The van der Waals surface area contributed by atoms with E-state index in [1.54, 1.807) is 6.20 Å². The van der Waals surface area contributed by atoms with E-state index in [1.165, 1.54) is 5.56 Å². The molecule has 0 saturated carbocycles. The van der Waals surface area contributed by atoms with Crippen molar-refractivity contribution in [3.8, 4) is 0 Å². The Morgan fingerprint density at radius 2 is 2.00 bits per heavy atom. The van der Waals surface area contributed by atoms with Crippen molar-refractivity contribution in [2.45, 2.75) is 13.5 Å². The third kappa shape index (κ3) is 1.74. The Bertz CT molecular complexity index is 416. The first-order valence-corrected chi connectivity index (χ1v) is 4.45. The van der Waals surface area contributed by atoms with Gasteiger partial charge in [-0.15, -0.1) is 5.10 Å². The van der Waals surface area contributed by atoms with Gasteiger partial charge in [-0.1, -0.05) is 17.3 Å². The van der Waals surface area contributed by atoms with E-state index in [0.29, 0.717) is 0 Å². The van der Waals surface area contributed by atoms with Crippen molar-refractivity contribution in [3.63, 3.8) is 0 Å². The van der Waals surface area contributed by atoms with Gasteiger partial charge in [0.15, 0.2) is 0 Å². The normalized spacial score (nSPS) is 10.4.